The molecule has 0 aromatic heterocycles. The molecular weight excluding hydrogens is 388 g/mol. The summed E-state index contributed by atoms with van der Waals surface area (Å²) in [4.78, 5) is 0. The van der Waals surface area contributed by atoms with Crippen LogP contribution in [0.15, 0.2) is 109 Å². The summed E-state index contributed by atoms with van der Waals surface area (Å²) >= 11 is 0. The van der Waals surface area contributed by atoms with E-state index in [4.69, 9.17) is 0 Å². The molecule has 0 bridgehead atoms. The Morgan fingerprint density at radius 1 is 0.452 bits per heavy atom. The molecule has 1 heteroatoms. The SMILES string of the molecule is C1=CC2CC([Si](c3ccccc3)(c3ccccc3)C3CC4C=CC=CC4C3)CC2C=C1. The van der Waals surface area contributed by atoms with Gasteiger partial charge in [-0.25, -0.2) is 0 Å². The smallest absolute Gasteiger partial charge is 0.0808 e. The van der Waals surface area contributed by atoms with Crippen molar-refractivity contribution in [3.05, 3.63) is 109 Å². The summed E-state index contributed by atoms with van der Waals surface area (Å²) in [5.74, 6) is 2.94. The average Bonchev–Trinajstić information content (AvgIpc) is 3.46. The number of allylic oxidation sites excluding steroid dienone is 8. The summed E-state index contributed by atoms with van der Waals surface area (Å²) in [6, 6.07) is 23.5. The van der Waals surface area contributed by atoms with Gasteiger partial charge in [0, 0.05) is 0 Å². The van der Waals surface area contributed by atoms with Crippen LogP contribution in [0.4, 0.5) is 0 Å². The van der Waals surface area contributed by atoms with Crippen LogP contribution in [0, 0.1) is 23.7 Å². The third kappa shape index (κ3) is 3.17. The highest BCUT2D eigenvalue weighted by atomic mass is 28.3. The molecule has 4 aliphatic rings. The van der Waals surface area contributed by atoms with Crippen molar-refractivity contribution >= 4 is 18.4 Å². The van der Waals surface area contributed by atoms with Crippen molar-refractivity contribution in [2.45, 2.75) is 36.8 Å². The predicted octanol–water partition coefficient (Wildman–Crippen LogP) is 6.29. The van der Waals surface area contributed by atoms with E-state index in [1.807, 2.05) is 0 Å². The van der Waals surface area contributed by atoms with E-state index < -0.39 is 8.07 Å². The molecule has 4 aliphatic carbocycles. The summed E-state index contributed by atoms with van der Waals surface area (Å²) in [5.41, 5.74) is 1.61. The fourth-order valence-electron chi connectivity index (χ4n) is 7.53. The van der Waals surface area contributed by atoms with Crippen LogP contribution < -0.4 is 10.4 Å². The molecule has 31 heavy (non-hydrogen) atoms. The molecule has 0 amide bonds. The molecule has 2 aromatic carbocycles. The lowest BCUT2D eigenvalue weighted by Gasteiger charge is -2.44. The minimum atomic E-state index is -1.99. The van der Waals surface area contributed by atoms with Crippen molar-refractivity contribution < 1.29 is 0 Å². The van der Waals surface area contributed by atoms with Crippen LogP contribution in [-0.2, 0) is 0 Å². The molecule has 0 aliphatic heterocycles. The van der Waals surface area contributed by atoms with Crippen molar-refractivity contribution in [1.29, 1.82) is 0 Å². The van der Waals surface area contributed by atoms with Gasteiger partial charge in [0.1, 0.15) is 8.07 Å². The van der Waals surface area contributed by atoms with Crippen LogP contribution in [0.3, 0.4) is 0 Å². The second-order valence-corrected chi connectivity index (χ2v) is 14.7. The molecule has 0 nitrogen and oxygen atoms in total. The minimum absolute atomic E-state index is 0.734. The largest absolute Gasteiger partial charge is 0.124 e. The van der Waals surface area contributed by atoms with Crippen LogP contribution in [0.1, 0.15) is 25.7 Å². The van der Waals surface area contributed by atoms with Crippen molar-refractivity contribution in [3.8, 4) is 0 Å². The molecule has 0 N–H and O–H groups in total. The fraction of sp³-hybridized carbons (Fsp3) is 0.333. The maximum Gasteiger partial charge on any atom is 0.124 e. The van der Waals surface area contributed by atoms with Gasteiger partial charge >= 0.3 is 0 Å². The second kappa shape index (κ2) is 7.95. The summed E-state index contributed by atoms with van der Waals surface area (Å²) < 4.78 is 0. The van der Waals surface area contributed by atoms with Gasteiger partial charge in [0.25, 0.3) is 0 Å². The Morgan fingerprint density at radius 2 is 0.774 bits per heavy atom. The van der Waals surface area contributed by atoms with Gasteiger partial charge in [0.2, 0.25) is 0 Å². The second-order valence-electron chi connectivity index (χ2n) is 10.1. The summed E-state index contributed by atoms with van der Waals surface area (Å²) in [5, 5.41) is 3.35. The van der Waals surface area contributed by atoms with E-state index in [9.17, 15) is 0 Å². The number of hydrogen-bond acceptors (Lipinski definition) is 0. The molecule has 4 unspecified atom stereocenters. The van der Waals surface area contributed by atoms with Crippen LogP contribution in [-0.4, -0.2) is 8.07 Å². The van der Waals surface area contributed by atoms with Gasteiger partial charge in [-0.15, -0.1) is 0 Å². The van der Waals surface area contributed by atoms with E-state index >= 15 is 0 Å². The number of benzene rings is 2. The first kappa shape index (κ1) is 19.3. The van der Waals surface area contributed by atoms with E-state index in [-0.39, 0.29) is 0 Å². The number of hydrogen-bond donors (Lipinski definition) is 0. The van der Waals surface area contributed by atoms with Crippen molar-refractivity contribution in [2.75, 3.05) is 0 Å². The van der Waals surface area contributed by atoms with E-state index in [1.165, 1.54) is 25.7 Å². The zero-order chi connectivity index (χ0) is 20.7. The Hall–Kier alpha value is -2.38. The Morgan fingerprint density at radius 3 is 1.10 bits per heavy atom. The van der Waals surface area contributed by atoms with E-state index in [0.29, 0.717) is 0 Å². The molecule has 6 rings (SSSR count). The Balaban J connectivity index is 1.52. The molecule has 0 radical (unpaired) electrons. The summed E-state index contributed by atoms with van der Waals surface area (Å²) in [6.45, 7) is 0. The summed E-state index contributed by atoms with van der Waals surface area (Å²) in [7, 11) is -1.99. The maximum absolute atomic E-state index is 2.50. The lowest BCUT2D eigenvalue weighted by Crippen LogP contribution is -2.64. The van der Waals surface area contributed by atoms with Crippen molar-refractivity contribution in [2.24, 2.45) is 23.7 Å². The molecule has 2 fully saturated rings. The van der Waals surface area contributed by atoms with Gasteiger partial charge in [-0.05, 0) is 60.4 Å². The van der Waals surface area contributed by atoms with E-state index in [1.54, 1.807) is 10.4 Å². The standard InChI is InChI=1S/C30H32Si/c1-3-15-27(16-4-1)31(28-17-5-2-6-18-28,29-19-23-11-7-8-12-24(23)20-29)30-21-25-13-9-10-14-26(25)22-30/h1-18,23-26,29-30H,19-22H2. The normalized spacial score (nSPS) is 33.4. The molecular formula is C30H32Si. The highest BCUT2D eigenvalue weighted by Gasteiger charge is 2.56. The van der Waals surface area contributed by atoms with E-state index in [0.717, 1.165) is 34.8 Å². The van der Waals surface area contributed by atoms with E-state index in [2.05, 4.69) is 109 Å². The fourth-order valence-corrected chi connectivity index (χ4v) is 14.5. The zero-order valence-electron chi connectivity index (χ0n) is 18.2. The van der Waals surface area contributed by atoms with Crippen LogP contribution in [0.2, 0.25) is 11.1 Å². The van der Waals surface area contributed by atoms with Crippen LogP contribution in [0.5, 0.6) is 0 Å². The summed E-state index contributed by atoms with van der Waals surface area (Å²) in [6.07, 6.45) is 24.6. The van der Waals surface area contributed by atoms with Gasteiger partial charge in [0.15, 0.2) is 0 Å². The molecule has 156 valence electrons. The van der Waals surface area contributed by atoms with Gasteiger partial charge in [-0.1, -0.05) is 120 Å². The quantitative estimate of drug-likeness (QED) is 0.510. The molecule has 4 atom stereocenters. The highest BCUT2D eigenvalue weighted by molar-refractivity contribution is 7.04. The van der Waals surface area contributed by atoms with Gasteiger partial charge < -0.3 is 0 Å². The Bertz CT molecular complexity index is 903. The lowest BCUT2D eigenvalue weighted by molar-refractivity contribution is 0.552. The Kier molecular flexibility index (Phi) is 4.95. The number of fused-ring (bicyclic) bond motifs is 2. The first-order chi connectivity index (χ1) is 15.4. The third-order valence-corrected chi connectivity index (χ3v) is 14.9. The van der Waals surface area contributed by atoms with Crippen molar-refractivity contribution in [1.82, 2.24) is 0 Å². The molecule has 0 spiro atoms. The monoisotopic (exact) mass is 420 g/mol. The average molecular weight is 421 g/mol. The van der Waals surface area contributed by atoms with Gasteiger partial charge in [-0.2, -0.15) is 0 Å². The van der Waals surface area contributed by atoms with Crippen LogP contribution >= 0.6 is 0 Å². The van der Waals surface area contributed by atoms with Crippen LogP contribution in [0.25, 0.3) is 0 Å². The topological polar surface area (TPSA) is 0 Å². The van der Waals surface area contributed by atoms with Gasteiger partial charge in [-0.3, -0.25) is 0 Å². The Labute approximate surface area is 188 Å². The molecule has 0 heterocycles. The zero-order valence-corrected chi connectivity index (χ0v) is 19.2. The minimum Gasteiger partial charge on any atom is -0.0808 e. The third-order valence-electron chi connectivity index (χ3n) is 8.77. The lowest BCUT2D eigenvalue weighted by atomic mass is 9.92. The molecule has 2 aromatic rings. The first-order valence-corrected chi connectivity index (χ1v) is 14.3. The van der Waals surface area contributed by atoms with Crippen molar-refractivity contribution in [3.63, 3.8) is 0 Å². The molecule has 2 saturated carbocycles. The highest BCUT2D eigenvalue weighted by Crippen LogP contribution is 2.56. The molecule has 0 saturated heterocycles. The predicted molar refractivity (Wildman–Crippen MR) is 134 cm³/mol. The first-order valence-electron chi connectivity index (χ1n) is 12.2. The number of rotatable bonds is 4. The maximum atomic E-state index is 2.50. The van der Waals surface area contributed by atoms with Gasteiger partial charge in [0.05, 0.1) is 0 Å².